The predicted octanol–water partition coefficient (Wildman–Crippen LogP) is 2.95. The summed E-state index contributed by atoms with van der Waals surface area (Å²) in [7, 11) is 0. The third-order valence-corrected chi connectivity index (χ3v) is 4.45. The van der Waals surface area contributed by atoms with Crippen LogP contribution in [0, 0.1) is 0 Å². The summed E-state index contributed by atoms with van der Waals surface area (Å²) in [5, 5.41) is 11.3. The van der Waals surface area contributed by atoms with Crippen LogP contribution in [0.2, 0.25) is 0 Å². The molecule has 0 aliphatic heterocycles. The number of anilines is 1. The molecule has 1 aromatic carbocycles. The fourth-order valence-electron chi connectivity index (χ4n) is 2.13. The van der Waals surface area contributed by atoms with Crippen LogP contribution in [0.4, 0.5) is 5.69 Å². The topological polar surface area (TPSA) is 101 Å². The molecule has 3 aromatic rings. The van der Waals surface area contributed by atoms with Crippen molar-refractivity contribution in [3.63, 3.8) is 0 Å². The summed E-state index contributed by atoms with van der Waals surface area (Å²) >= 11 is 1.20. The maximum Gasteiger partial charge on any atom is 0.284 e. The van der Waals surface area contributed by atoms with Gasteiger partial charge in [0, 0.05) is 0 Å². The Balaban J connectivity index is 1.58. The number of para-hydroxylation sites is 1. The minimum atomic E-state index is -0.566. The number of hydrogen-bond donors (Lipinski definition) is 3. The first-order valence-corrected chi connectivity index (χ1v) is 8.46. The van der Waals surface area contributed by atoms with Crippen molar-refractivity contribution in [1.82, 2.24) is 10.5 Å². The molecular weight excluding hydrogens is 354 g/mol. The van der Waals surface area contributed by atoms with E-state index in [0.717, 1.165) is 4.88 Å². The Morgan fingerprint density at radius 2 is 1.88 bits per heavy atom. The zero-order valence-corrected chi connectivity index (χ0v) is 14.3. The summed E-state index contributed by atoms with van der Waals surface area (Å²) in [6.07, 6.45) is 1.53. The average molecular weight is 369 g/mol. The number of ether oxygens (including phenoxy) is 1. The van der Waals surface area contributed by atoms with Gasteiger partial charge in [-0.3, -0.25) is 19.8 Å². The van der Waals surface area contributed by atoms with Crippen molar-refractivity contribution in [2.45, 2.75) is 0 Å². The third-order valence-electron chi connectivity index (χ3n) is 3.34. The molecule has 0 atom stereocenters. The SMILES string of the molecule is O=C(COc1ccccc1)Nc1ccc(-c2ccc(C(=O)NO)s2)nc1. The van der Waals surface area contributed by atoms with Gasteiger partial charge in [-0.1, -0.05) is 18.2 Å². The van der Waals surface area contributed by atoms with E-state index in [2.05, 4.69) is 10.3 Å². The summed E-state index contributed by atoms with van der Waals surface area (Å²) in [4.78, 5) is 28.7. The fraction of sp³-hybridized carbons (Fsp3) is 0.0556. The van der Waals surface area contributed by atoms with E-state index in [1.54, 1.807) is 41.9 Å². The fourth-order valence-corrected chi connectivity index (χ4v) is 3.00. The lowest BCUT2D eigenvalue weighted by Crippen LogP contribution is -2.20. The highest BCUT2D eigenvalue weighted by Crippen LogP contribution is 2.27. The first-order valence-electron chi connectivity index (χ1n) is 7.64. The molecule has 8 heteroatoms. The molecule has 0 aliphatic carbocycles. The quantitative estimate of drug-likeness (QED) is 0.458. The van der Waals surface area contributed by atoms with Crippen molar-refractivity contribution in [2.75, 3.05) is 11.9 Å². The van der Waals surface area contributed by atoms with E-state index in [1.165, 1.54) is 17.5 Å². The van der Waals surface area contributed by atoms with Gasteiger partial charge in [0.25, 0.3) is 11.8 Å². The Labute approximate surface area is 153 Å². The second kappa shape index (κ2) is 8.24. The summed E-state index contributed by atoms with van der Waals surface area (Å²) in [6.45, 7) is -0.101. The van der Waals surface area contributed by atoms with Gasteiger partial charge in [-0.05, 0) is 36.4 Å². The normalized spacial score (nSPS) is 10.2. The van der Waals surface area contributed by atoms with Crippen molar-refractivity contribution < 1.29 is 19.5 Å². The van der Waals surface area contributed by atoms with Crippen LogP contribution in [-0.4, -0.2) is 28.6 Å². The Kier molecular flexibility index (Phi) is 5.57. The molecule has 0 bridgehead atoms. The second-order valence-corrected chi connectivity index (χ2v) is 6.27. The zero-order valence-electron chi connectivity index (χ0n) is 13.5. The van der Waals surface area contributed by atoms with Gasteiger partial charge >= 0.3 is 0 Å². The van der Waals surface area contributed by atoms with E-state index in [9.17, 15) is 9.59 Å². The number of carbonyl (C=O) groups excluding carboxylic acids is 2. The van der Waals surface area contributed by atoms with Gasteiger partial charge in [0.1, 0.15) is 5.75 Å². The molecule has 2 aromatic heterocycles. The summed E-state index contributed by atoms with van der Waals surface area (Å²) < 4.78 is 5.38. The van der Waals surface area contributed by atoms with Crippen LogP contribution in [-0.2, 0) is 4.79 Å². The zero-order chi connectivity index (χ0) is 18.4. The number of pyridine rings is 1. The monoisotopic (exact) mass is 369 g/mol. The molecule has 0 aliphatic rings. The molecule has 0 radical (unpaired) electrons. The van der Waals surface area contributed by atoms with E-state index in [1.807, 2.05) is 18.2 Å². The average Bonchev–Trinajstić information content (AvgIpc) is 3.17. The lowest BCUT2D eigenvalue weighted by atomic mass is 10.3. The van der Waals surface area contributed by atoms with Crippen LogP contribution in [0.5, 0.6) is 5.75 Å². The Morgan fingerprint density at radius 1 is 1.08 bits per heavy atom. The third kappa shape index (κ3) is 4.44. The summed E-state index contributed by atoms with van der Waals surface area (Å²) in [6, 6.07) is 15.9. The van der Waals surface area contributed by atoms with Crippen molar-refractivity contribution in [3.05, 3.63) is 65.7 Å². The number of thiophene rings is 1. The van der Waals surface area contributed by atoms with E-state index in [0.29, 0.717) is 22.0 Å². The van der Waals surface area contributed by atoms with E-state index >= 15 is 0 Å². The summed E-state index contributed by atoms with van der Waals surface area (Å²) in [5.74, 6) is -0.235. The van der Waals surface area contributed by atoms with Gasteiger partial charge < -0.3 is 10.1 Å². The number of hydrogen-bond acceptors (Lipinski definition) is 6. The van der Waals surface area contributed by atoms with Gasteiger partial charge in [-0.2, -0.15) is 0 Å². The van der Waals surface area contributed by atoms with Crippen LogP contribution in [0.15, 0.2) is 60.8 Å². The van der Waals surface area contributed by atoms with E-state index in [-0.39, 0.29) is 12.5 Å². The van der Waals surface area contributed by atoms with Crippen LogP contribution in [0.25, 0.3) is 10.6 Å². The maximum atomic E-state index is 11.9. The summed E-state index contributed by atoms with van der Waals surface area (Å²) in [5.41, 5.74) is 2.79. The second-order valence-electron chi connectivity index (χ2n) is 5.19. The molecule has 0 spiro atoms. The van der Waals surface area contributed by atoms with E-state index in [4.69, 9.17) is 9.94 Å². The molecular formula is C18H15N3O4S. The minimum Gasteiger partial charge on any atom is -0.484 e. The molecule has 0 saturated heterocycles. The number of hydroxylamine groups is 1. The molecule has 3 N–H and O–H groups in total. The van der Waals surface area contributed by atoms with Crippen molar-refractivity contribution in [3.8, 4) is 16.3 Å². The van der Waals surface area contributed by atoms with Crippen molar-refractivity contribution >= 4 is 28.8 Å². The smallest absolute Gasteiger partial charge is 0.284 e. The number of benzene rings is 1. The van der Waals surface area contributed by atoms with Crippen LogP contribution >= 0.6 is 11.3 Å². The molecule has 0 saturated carbocycles. The van der Waals surface area contributed by atoms with Gasteiger partial charge in [0.05, 0.1) is 27.3 Å². The molecule has 0 unspecified atom stereocenters. The molecule has 2 amide bonds. The van der Waals surface area contributed by atoms with Crippen LogP contribution in [0.3, 0.4) is 0 Å². The van der Waals surface area contributed by atoms with Gasteiger partial charge in [-0.25, -0.2) is 5.48 Å². The van der Waals surface area contributed by atoms with E-state index < -0.39 is 5.91 Å². The lowest BCUT2D eigenvalue weighted by Gasteiger charge is -2.07. The number of amides is 2. The number of nitrogens with one attached hydrogen (secondary N) is 2. The molecule has 0 fully saturated rings. The maximum absolute atomic E-state index is 11.9. The predicted molar refractivity (Wildman–Crippen MR) is 97.4 cm³/mol. The number of rotatable bonds is 6. The minimum absolute atomic E-state index is 0.101. The van der Waals surface area contributed by atoms with Gasteiger partial charge in [-0.15, -0.1) is 11.3 Å². The Hall–Kier alpha value is -3.23. The Morgan fingerprint density at radius 3 is 2.58 bits per heavy atom. The number of carbonyl (C=O) groups is 2. The molecule has 2 heterocycles. The molecule has 3 rings (SSSR count). The highest BCUT2D eigenvalue weighted by molar-refractivity contribution is 7.17. The largest absolute Gasteiger partial charge is 0.484 e. The first kappa shape index (κ1) is 17.6. The number of aromatic nitrogens is 1. The molecule has 7 nitrogen and oxygen atoms in total. The molecule has 132 valence electrons. The van der Waals surface area contributed by atoms with Crippen molar-refractivity contribution in [2.24, 2.45) is 0 Å². The van der Waals surface area contributed by atoms with Crippen LogP contribution in [0.1, 0.15) is 9.67 Å². The van der Waals surface area contributed by atoms with Crippen molar-refractivity contribution in [1.29, 1.82) is 0 Å². The standard InChI is InChI=1S/C18H15N3O4S/c22-17(11-25-13-4-2-1-3-5-13)20-12-6-7-14(19-10-12)15-8-9-16(26-15)18(23)21-24/h1-10,24H,11H2,(H,20,22)(H,21,23). The number of nitrogens with zero attached hydrogens (tertiary/aromatic N) is 1. The highest BCUT2D eigenvalue weighted by atomic mass is 32.1. The lowest BCUT2D eigenvalue weighted by molar-refractivity contribution is -0.118. The highest BCUT2D eigenvalue weighted by Gasteiger charge is 2.10. The molecule has 26 heavy (non-hydrogen) atoms. The first-order chi connectivity index (χ1) is 12.7. The van der Waals surface area contributed by atoms with Gasteiger partial charge in [0.2, 0.25) is 0 Å². The Bertz CT molecular complexity index is 894. The van der Waals surface area contributed by atoms with Crippen LogP contribution < -0.4 is 15.5 Å². The van der Waals surface area contributed by atoms with Gasteiger partial charge in [0.15, 0.2) is 6.61 Å².